The summed E-state index contributed by atoms with van der Waals surface area (Å²) in [6.45, 7) is 2.68. The van der Waals surface area contributed by atoms with Crippen LogP contribution in [0.2, 0.25) is 0 Å². The van der Waals surface area contributed by atoms with E-state index in [1.54, 1.807) is 0 Å². The topological polar surface area (TPSA) is 44.8 Å². The Balaban J connectivity index is 1.29. The highest BCUT2D eigenvalue weighted by molar-refractivity contribution is 5.99. The Kier molecular flexibility index (Phi) is 5.44. The fourth-order valence-electron chi connectivity index (χ4n) is 5.69. The molecule has 4 aromatic rings. The van der Waals surface area contributed by atoms with E-state index in [9.17, 15) is 4.79 Å². The Labute approximate surface area is 205 Å². The third-order valence-corrected chi connectivity index (χ3v) is 7.40. The van der Waals surface area contributed by atoms with Gasteiger partial charge in [0.1, 0.15) is 17.6 Å². The average molecular weight is 465 g/mol. The molecule has 2 unspecified atom stereocenters. The van der Waals surface area contributed by atoms with Gasteiger partial charge in [-0.25, -0.2) is 0 Å². The van der Waals surface area contributed by atoms with Gasteiger partial charge in [-0.15, -0.1) is 0 Å². The lowest BCUT2D eigenvalue weighted by atomic mass is 9.91. The first kappa shape index (κ1) is 21.7. The van der Waals surface area contributed by atoms with Gasteiger partial charge in [0.15, 0.2) is 0 Å². The van der Waals surface area contributed by atoms with Crippen LogP contribution in [0.15, 0.2) is 72.8 Å². The van der Waals surface area contributed by atoms with Gasteiger partial charge in [-0.1, -0.05) is 60.7 Å². The molecule has 2 aliphatic rings. The molecular formula is C31H28O4. The molecule has 0 bridgehead atoms. The lowest BCUT2D eigenvalue weighted by Gasteiger charge is -2.17. The minimum absolute atomic E-state index is 0.00587. The zero-order chi connectivity index (χ0) is 23.9. The molecule has 0 N–H and O–H groups in total. The highest BCUT2D eigenvalue weighted by Gasteiger charge is 2.30. The molecule has 1 aliphatic carbocycles. The van der Waals surface area contributed by atoms with E-state index in [0.717, 1.165) is 29.9 Å². The molecular weight excluding hydrogens is 436 g/mol. The molecule has 0 saturated heterocycles. The lowest BCUT2D eigenvalue weighted by Crippen LogP contribution is -2.09. The molecule has 0 radical (unpaired) electrons. The van der Waals surface area contributed by atoms with Gasteiger partial charge in [0.05, 0.1) is 20.1 Å². The molecule has 176 valence electrons. The van der Waals surface area contributed by atoms with Gasteiger partial charge >= 0.3 is 5.97 Å². The molecule has 2 atom stereocenters. The lowest BCUT2D eigenvalue weighted by molar-refractivity contribution is -0.141. The van der Waals surface area contributed by atoms with Gasteiger partial charge in [0.25, 0.3) is 0 Å². The summed E-state index contributed by atoms with van der Waals surface area (Å²) in [5.74, 6) is 1.42. The first-order chi connectivity index (χ1) is 17.1. The molecule has 0 spiro atoms. The van der Waals surface area contributed by atoms with Crippen LogP contribution in [0, 0.1) is 6.92 Å². The van der Waals surface area contributed by atoms with E-state index in [-0.39, 0.29) is 18.0 Å². The first-order valence-corrected chi connectivity index (χ1v) is 12.2. The summed E-state index contributed by atoms with van der Waals surface area (Å²) in [6, 6.07) is 25.6. The summed E-state index contributed by atoms with van der Waals surface area (Å²) in [4.78, 5) is 11.7. The van der Waals surface area contributed by atoms with E-state index < -0.39 is 0 Å². The largest absolute Gasteiger partial charge is 0.492 e. The number of benzene rings is 4. The van der Waals surface area contributed by atoms with Gasteiger partial charge in [-0.05, 0) is 64.4 Å². The van der Waals surface area contributed by atoms with Crippen LogP contribution in [-0.4, -0.2) is 19.7 Å². The van der Waals surface area contributed by atoms with Crippen molar-refractivity contribution in [3.05, 3.63) is 95.1 Å². The summed E-state index contributed by atoms with van der Waals surface area (Å²) in [7, 11) is 1.42. The second-order valence-electron chi connectivity index (χ2n) is 9.48. The summed E-state index contributed by atoms with van der Waals surface area (Å²) in [5.41, 5.74) is 7.58. The minimum atomic E-state index is -0.216. The number of carbonyl (C=O) groups is 1. The zero-order valence-electron chi connectivity index (χ0n) is 20.0. The maximum Gasteiger partial charge on any atom is 0.306 e. The molecule has 0 fully saturated rings. The van der Waals surface area contributed by atoms with Gasteiger partial charge in [0.2, 0.25) is 0 Å². The van der Waals surface area contributed by atoms with Crippen molar-refractivity contribution in [1.29, 1.82) is 0 Å². The van der Waals surface area contributed by atoms with E-state index in [1.807, 2.05) is 18.2 Å². The van der Waals surface area contributed by atoms with E-state index in [2.05, 4.69) is 61.5 Å². The fraction of sp³-hybridized carbons (Fsp3) is 0.258. The SMILES string of the molecule is COC(=O)CC1COc2cc(OC3CCc4c(-c5cccc6cccc(C)c56)cccc43)ccc21. The average Bonchev–Trinajstić information content (AvgIpc) is 3.47. The number of aryl methyl sites for hydroxylation is 1. The Morgan fingerprint density at radius 2 is 1.77 bits per heavy atom. The van der Waals surface area contributed by atoms with Crippen LogP contribution in [0.25, 0.3) is 21.9 Å². The van der Waals surface area contributed by atoms with E-state index in [1.165, 1.54) is 45.7 Å². The van der Waals surface area contributed by atoms with Crippen molar-refractivity contribution in [3.8, 4) is 22.6 Å². The number of methoxy groups -OCH3 is 1. The molecule has 4 nitrogen and oxygen atoms in total. The van der Waals surface area contributed by atoms with Crippen molar-refractivity contribution in [2.75, 3.05) is 13.7 Å². The van der Waals surface area contributed by atoms with Crippen LogP contribution in [-0.2, 0) is 16.0 Å². The van der Waals surface area contributed by atoms with Crippen molar-refractivity contribution in [2.24, 2.45) is 0 Å². The van der Waals surface area contributed by atoms with Gasteiger partial charge in [-0.2, -0.15) is 0 Å². The molecule has 0 amide bonds. The molecule has 4 heteroatoms. The van der Waals surface area contributed by atoms with Crippen molar-refractivity contribution in [1.82, 2.24) is 0 Å². The predicted molar refractivity (Wildman–Crippen MR) is 137 cm³/mol. The normalized spacial score (nSPS) is 18.1. The van der Waals surface area contributed by atoms with E-state index in [0.29, 0.717) is 13.0 Å². The van der Waals surface area contributed by atoms with E-state index >= 15 is 0 Å². The highest BCUT2D eigenvalue weighted by Crippen LogP contribution is 2.44. The summed E-state index contributed by atoms with van der Waals surface area (Å²) in [5, 5.41) is 2.60. The van der Waals surface area contributed by atoms with Crippen LogP contribution >= 0.6 is 0 Å². The monoisotopic (exact) mass is 464 g/mol. The summed E-state index contributed by atoms with van der Waals surface area (Å²) >= 11 is 0. The Hall–Kier alpha value is -3.79. The van der Waals surface area contributed by atoms with Crippen molar-refractivity contribution < 1.29 is 19.0 Å². The second-order valence-corrected chi connectivity index (χ2v) is 9.48. The molecule has 6 rings (SSSR count). The van der Waals surface area contributed by atoms with E-state index in [4.69, 9.17) is 14.2 Å². The third kappa shape index (κ3) is 3.83. The molecule has 4 aromatic carbocycles. The van der Waals surface area contributed by atoms with Crippen molar-refractivity contribution in [2.45, 2.75) is 38.2 Å². The van der Waals surface area contributed by atoms with Crippen LogP contribution in [0.4, 0.5) is 0 Å². The minimum Gasteiger partial charge on any atom is -0.492 e. The number of fused-ring (bicyclic) bond motifs is 3. The quantitative estimate of drug-likeness (QED) is 0.301. The molecule has 0 aromatic heterocycles. The number of ether oxygens (including phenoxy) is 3. The van der Waals surface area contributed by atoms with Gasteiger partial charge in [0, 0.05) is 17.5 Å². The van der Waals surface area contributed by atoms with Crippen LogP contribution in [0.3, 0.4) is 0 Å². The highest BCUT2D eigenvalue weighted by atomic mass is 16.5. The zero-order valence-corrected chi connectivity index (χ0v) is 20.0. The summed E-state index contributed by atoms with van der Waals surface area (Å²) in [6.07, 6.45) is 2.27. The van der Waals surface area contributed by atoms with Crippen LogP contribution < -0.4 is 9.47 Å². The maximum absolute atomic E-state index is 11.7. The summed E-state index contributed by atoms with van der Waals surface area (Å²) < 4.78 is 17.2. The van der Waals surface area contributed by atoms with Crippen molar-refractivity contribution in [3.63, 3.8) is 0 Å². The second kappa shape index (κ2) is 8.77. The molecule has 1 heterocycles. The first-order valence-electron chi connectivity index (χ1n) is 12.2. The number of rotatable bonds is 5. The predicted octanol–water partition coefficient (Wildman–Crippen LogP) is 6.92. The number of carbonyl (C=O) groups excluding carboxylic acids is 1. The van der Waals surface area contributed by atoms with Crippen molar-refractivity contribution >= 4 is 16.7 Å². The standard InChI is InChI=1S/C31H28O4/c1-19-6-3-7-20-8-4-11-27(31(19)20)24-9-5-10-26-25(24)14-15-28(26)35-22-12-13-23-21(16-30(32)33-2)18-34-29(23)17-22/h3-13,17,21,28H,14-16,18H2,1-2H3. The molecule has 1 aliphatic heterocycles. The molecule has 0 saturated carbocycles. The number of hydrogen-bond acceptors (Lipinski definition) is 4. The van der Waals surface area contributed by atoms with Gasteiger partial charge < -0.3 is 14.2 Å². The molecule has 35 heavy (non-hydrogen) atoms. The maximum atomic E-state index is 11.7. The fourth-order valence-corrected chi connectivity index (χ4v) is 5.69. The third-order valence-electron chi connectivity index (χ3n) is 7.40. The Morgan fingerprint density at radius 3 is 2.63 bits per heavy atom. The Morgan fingerprint density at radius 1 is 0.971 bits per heavy atom. The van der Waals surface area contributed by atoms with Crippen LogP contribution in [0.5, 0.6) is 11.5 Å². The number of esters is 1. The smallest absolute Gasteiger partial charge is 0.306 e. The Bertz CT molecular complexity index is 1430. The number of hydrogen-bond donors (Lipinski definition) is 0. The van der Waals surface area contributed by atoms with Gasteiger partial charge in [-0.3, -0.25) is 4.79 Å². The van der Waals surface area contributed by atoms with Crippen LogP contribution in [0.1, 0.15) is 47.1 Å².